The van der Waals surface area contributed by atoms with Crippen LogP contribution < -0.4 is 5.73 Å². The largest absolute Gasteiger partial charge is 0.444 e. The highest BCUT2D eigenvalue weighted by Gasteiger charge is 2.24. The Morgan fingerprint density at radius 1 is 1.24 bits per heavy atom. The topological polar surface area (TPSA) is 112 Å². The van der Waals surface area contributed by atoms with Gasteiger partial charge in [0, 0.05) is 19.3 Å². The fourth-order valence-corrected chi connectivity index (χ4v) is 3.63. The van der Waals surface area contributed by atoms with Gasteiger partial charge in [-0.1, -0.05) is 12.1 Å². The van der Waals surface area contributed by atoms with Crippen molar-refractivity contribution in [2.75, 3.05) is 18.8 Å². The first kappa shape index (κ1) is 23.3. The second-order valence-electron chi connectivity index (χ2n) is 8.90. The predicted octanol–water partition coefficient (Wildman–Crippen LogP) is 4.00. The highest BCUT2D eigenvalue weighted by molar-refractivity contribution is 5.76. The molecule has 0 unspecified atom stereocenters. The van der Waals surface area contributed by atoms with Gasteiger partial charge in [-0.2, -0.15) is 4.68 Å². The smallest absolute Gasteiger partial charge is 0.410 e. The molecular weight excluding hydrogens is 444 g/mol. The van der Waals surface area contributed by atoms with Crippen molar-refractivity contribution in [1.82, 2.24) is 30.1 Å². The number of allylic oxidation sites excluding steroid dienone is 1. The minimum Gasteiger partial charge on any atom is -0.444 e. The number of tetrazole rings is 1. The van der Waals surface area contributed by atoms with Crippen molar-refractivity contribution in [2.45, 2.75) is 39.2 Å². The Hall–Kier alpha value is -3.89. The third kappa shape index (κ3) is 4.87. The van der Waals surface area contributed by atoms with Crippen LogP contribution in [0.25, 0.3) is 22.6 Å². The number of halogens is 2. The molecule has 0 fully saturated rings. The summed E-state index contributed by atoms with van der Waals surface area (Å²) in [6, 6.07) is 5.50. The van der Waals surface area contributed by atoms with Gasteiger partial charge in [0.2, 0.25) is 0 Å². The van der Waals surface area contributed by atoms with Gasteiger partial charge < -0.3 is 15.4 Å². The highest BCUT2D eigenvalue weighted by Crippen LogP contribution is 2.30. The first-order valence-corrected chi connectivity index (χ1v) is 10.8. The summed E-state index contributed by atoms with van der Waals surface area (Å²) in [5.41, 5.74) is 7.49. The van der Waals surface area contributed by atoms with Gasteiger partial charge in [-0.3, -0.25) is 0 Å². The molecule has 0 saturated heterocycles. The van der Waals surface area contributed by atoms with E-state index in [2.05, 4.69) is 20.5 Å². The van der Waals surface area contributed by atoms with Gasteiger partial charge in [0.1, 0.15) is 17.1 Å². The number of nitrogens with zero attached hydrogens (tertiary/aromatic N) is 6. The Morgan fingerprint density at radius 3 is 2.79 bits per heavy atom. The maximum Gasteiger partial charge on any atom is 0.410 e. The predicted molar refractivity (Wildman–Crippen MR) is 122 cm³/mol. The molecule has 0 aliphatic carbocycles. The van der Waals surface area contributed by atoms with Crippen molar-refractivity contribution >= 4 is 17.5 Å². The van der Waals surface area contributed by atoms with E-state index in [0.717, 1.165) is 28.3 Å². The number of carbonyl (C=O) groups excluding carboxylic acids is 1. The molecule has 11 heteroatoms. The number of ether oxygens (including phenoxy) is 1. The summed E-state index contributed by atoms with van der Waals surface area (Å²) in [5.74, 6) is -1.83. The van der Waals surface area contributed by atoms with Crippen LogP contribution in [0.4, 0.5) is 19.4 Å². The number of nitrogens with two attached hydrogens (primary N) is 1. The lowest BCUT2D eigenvalue weighted by Gasteiger charge is -2.25. The average Bonchev–Trinajstić information content (AvgIpc) is 3.11. The van der Waals surface area contributed by atoms with Gasteiger partial charge in [-0.15, -0.1) is 5.10 Å². The monoisotopic (exact) mass is 469 g/mol. The molecule has 0 bridgehead atoms. The summed E-state index contributed by atoms with van der Waals surface area (Å²) in [6.45, 7) is 6.43. The number of benzene rings is 1. The van der Waals surface area contributed by atoms with Crippen molar-refractivity contribution in [1.29, 1.82) is 0 Å². The zero-order valence-electron chi connectivity index (χ0n) is 19.1. The second-order valence-corrected chi connectivity index (χ2v) is 8.90. The quantitative estimate of drug-likeness (QED) is 0.617. The Kier molecular flexibility index (Phi) is 6.27. The Bertz CT molecular complexity index is 1250. The van der Waals surface area contributed by atoms with Crippen LogP contribution in [0.15, 0.2) is 36.5 Å². The summed E-state index contributed by atoms with van der Waals surface area (Å²) in [5, 5.41) is 11.4. The summed E-state index contributed by atoms with van der Waals surface area (Å²) >= 11 is 0. The lowest BCUT2D eigenvalue weighted by molar-refractivity contribution is 0.0273. The minimum atomic E-state index is -1.08. The zero-order valence-corrected chi connectivity index (χ0v) is 19.1. The molecule has 1 amide bonds. The Morgan fingerprint density at radius 2 is 2.03 bits per heavy atom. The van der Waals surface area contributed by atoms with Crippen LogP contribution in [0.2, 0.25) is 0 Å². The van der Waals surface area contributed by atoms with Crippen molar-refractivity contribution in [2.24, 2.45) is 0 Å². The number of amides is 1. The van der Waals surface area contributed by atoms with E-state index in [1.807, 2.05) is 26.8 Å². The van der Waals surface area contributed by atoms with Crippen LogP contribution in [0.3, 0.4) is 0 Å². The molecule has 4 rings (SSSR count). The van der Waals surface area contributed by atoms with E-state index in [1.54, 1.807) is 17.2 Å². The van der Waals surface area contributed by atoms with Crippen LogP contribution in [-0.4, -0.2) is 54.9 Å². The number of hydrogen-bond donors (Lipinski definition) is 1. The Balaban J connectivity index is 1.65. The molecule has 1 aliphatic heterocycles. The summed E-state index contributed by atoms with van der Waals surface area (Å²) in [4.78, 5) is 18.4. The average molecular weight is 469 g/mol. The molecule has 0 atom stereocenters. The van der Waals surface area contributed by atoms with Crippen LogP contribution >= 0.6 is 0 Å². The van der Waals surface area contributed by atoms with E-state index in [9.17, 15) is 13.6 Å². The molecule has 1 aliphatic rings. The van der Waals surface area contributed by atoms with Gasteiger partial charge in [0.25, 0.3) is 0 Å². The van der Waals surface area contributed by atoms with Gasteiger partial charge in [-0.25, -0.2) is 18.6 Å². The van der Waals surface area contributed by atoms with E-state index in [4.69, 9.17) is 10.5 Å². The van der Waals surface area contributed by atoms with Crippen molar-refractivity contribution in [3.05, 3.63) is 53.7 Å². The normalized spacial score (nSPS) is 14.5. The van der Waals surface area contributed by atoms with Crippen LogP contribution in [0.1, 0.15) is 39.2 Å². The van der Waals surface area contributed by atoms with Gasteiger partial charge in [-0.05, 0) is 73.4 Å². The van der Waals surface area contributed by atoms with E-state index >= 15 is 0 Å². The molecule has 1 aromatic carbocycles. The molecule has 9 nitrogen and oxygen atoms in total. The lowest BCUT2D eigenvalue weighted by atomic mass is 10.0. The molecule has 2 aromatic heterocycles. The molecule has 0 saturated carbocycles. The Labute approximate surface area is 195 Å². The van der Waals surface area contributed by atoms with Crippen LogP contribution in [0, 0.1) is 11.6 Å². The number of anilines is 1. The van der Waals surface area contributed by atoms with E-state index in [-0.39, 0.29) is 23.4 Å². The molecule has 178 valence electrons. The third-order valence-electron chi connectivity index (χ3n) is 5.24. The molecule has 3 aromatic rings. The first-order chi connectivity index (χ1) is 16.1. The summed E-state index contributed by atoms with van der Waals surface area (Å²) in [6.07, 6.45) is 4.65. The highest BCUT2D eigenvalue weighted by atomic mass is 19.2. The van der Waals surface area contributed by atoms with E-state index in [0.29, 0.717) is 25.1 Å². The van der Waals surface area contributed by atoms with Crippen molar-refractivity contribution in [3.8, 4) is 17.1 Å². The molecule has 2 N–H and O–H groups in total. The summed E-state index contributed by atoms with van der Waals surface area (Å²) in [7, 11) is 0. The number of rotatable bonds is 3. The summed E-state index contributed by atoms with van der Waals surface area (Å²) < 4.78 is 34.7. The zero-order chi connectivity index (χ0) is 24.5. The fourth-order valence-electron chi connectivity index (χ4n) is 3.63. The van der Waals surface area contributed by atoms with E-state index < -0.39 is 17.2 Å². The molecule has 0 spiro atoms. The third-order valence-corrected chi connectivity index (χ3v) is 5.24. The number of nitrogen functional groups attached to an aromatic ring is 1. The maximum atomic E-state index is 14.4. The van der Waals surface area contributed by atoms with Gasteiger partial charge >= 0.3 is 6.09 Å². The second kappa shape index (κ2) is 9.16. The van der Waals surface area contributed by atoms with Crippen LogP contribution in [0.5, 0.6) is 0 Å². The number of pyridine rings is 1. The molecule has 34 heavy (non-hydrogen) atoms. The fraction of sp³-hybridized carbons (Fsp3) is 0.348. The molecule has 0 radical (unpaired) electrons. The lowest BCUT2D eigenvalue weighted by Crippen LogP contribution is -2.37. The first-order valence-electron chi connectivity index (χ1n) is 10.8. The number of hydrogen-bond acceptors (Lipinski definition) is 7. The van der Waals surface area contributed by atoms with Gasteiger partial charge in [0.05, 0.1) is 5.56 Å². The van der Waals surface area contributed by atoms with Crippen molar-refractivity contribution < 1.29 is 18.3 Å². The van der Waals surface area contributed by atoms with Crippen LogP contribution in [-0.2, 0) is 4.74 Å². The number of aromatic nitrogens is 5. The standard InChI is InChI=1S/C23H25F2N7O2/c1-23(2,3)34-22(33)31-10-5-6-14(9-11-31)15-12-16(20(26)27-13-15)21-28-29-30-32(21)18-8-4-7-17(24)19(18)25/h4,7-9,12-13H,5-6,10-11H2,1-3H3,(H2,26,27). The SMILES string of the molecule is CC(C)(C)OC(=O)N1CC=C(c2cnc(N)c(-c3nnnn3-c3cccc(F)c3F)c2)CCC1. The van der Waals surface area contributed by atoms with E-state index in [1.165, 1.54) is 12.1 Å². The minimum absolute atomic E-state index is 0.126. The number of carbonyl (C=O) groups is 1. The maximum absolute atomic E-state index is 14.4. The van der Waals surface area contributed by atoms with Crippen molar-refractivity contribution in [3.63, 3.8) is 0 Å². The van der Waals surface area contributed by atoms with Gasteiger partial charge in [0.15, 0.2) is 17.5 Å². The molecular formula is C23H25F2N7O2. The molecule has 3 heterocycles.